The molecule has 2 nitrogen and oxygen atoms in total. The number of benzene rings is 1. The van der Waals surface area contributed by atoms with Gasteiger partial charge in [-0.3, -0.25) is 4.79 Å². The number of Topliss-reactive ketones (excluding diaryl/α,β-unsaturated/α-hetero) is 1. The molecule has 1 atom stereocenters. The minimum absolute atomic E-state index is 0.0713. The van der Waals surface area contributed by atoms with E-state index in [1.54, 1.807) is 12.1 Å². The molecule has 0 radical (unpaired) electrons. The normalized spacial score (nSPS) is 20.1. The summed E-state index contributed by atoms with van der Waals surface area (Å²) in [4.78, 5) is 14.1. The van der Waals surface area contributed by atoms with Gasteiger partial charge in [-0.15, -0.1) is 0 Å². The predicted octanol–water partition coefficient (Wildman–Crippen LogP) is 3.80. The van der Waals surface area contributed by atoms with Gasteiger partial charge in [0.15, 0.2) is 0 Å². The van der Waals surface area contributed by atoms with Gasteiger partial charge in [0.1, 0.15) is 11.6 Å². The first kappa shape index (κ1) is 14.0. The Hall–Kier alpha value is -1.38. The summed E-state index contributed by atoms with van der Waals surface area (Å²) in [5, 5.41) is 0. The van der Waals surface area contributed by atoms with Gasteiger partial charge in [-0.05, 0) is 31.9 Å². The van der Waals surface area contributed by atoms with Crippen LogP contribution in [-0.4, -0.2) is 18.9 Å². The van der Waals surface area contributed by atoms with Crippen molar-refractivity contribution in [3.63, 3.8) is 0 Å². The summed E-state index contributed by atoms with van der Waals surface area (Å²) in [7, 11) is 0. The van der Waals surface area contributed by atoms with Crippen molar-refractivity contribution in [1.29, 1.82) is 0 Å². The fourth-order valence-corrected chi connectivity index (χ4v) is 2.80. The van der Waals surface area contributed by atoms with Crippen LogP contribution < -0.4 is 4.90 Å². The summed E-state index contributed by atoms with van der Waals surface area (Å²) in [6.07, 6.45) is 4.92. The number of halogens is 1. The summed E-state index contributed by atoms with van der Waals surface area (Å²) in [5.74, 6) is 0.222. The molecule has 0 saturated heterocycles. The van der Waals surface area contributed by atoms with Crippen LogP contribution in [0, 0.1) is 11.7 Å². The van der Waals surface area contributed by atoms with Crippen LogP contribution in [0.4, 0.5) is 10.1 Å². The molecule has 104 valence electrons. The standard InChI is InChI=1S/C16H22FNO/c1-2-18(15-10-7-6-9-14(15)17)12-13-8-4-3-5-11-16(13)19/h6-7,9-10,13H,2-5,8,11-12H2,1H3. The first-order chi connectivity index (χ1) is 9.22. The molecular formula is C16H22FNO. The average molecular weight is 263 g/mol. The number of nitrogens with zero attached hydrogens (tertiary/aromatic N) is 1. The van der Waals surface area contributed by atoms with Crippen molar-refractivity contribution >= 4 is 11.5 Å². The minimum Gasteiger partial charge on any atom is -0.369 e. The lowest BCUT2D eigenvalue weighted by Crippen LogP contribution is -2.33. The van der Waals surface area contributed by atoms with Gasteiger partial charge >= 0.3 is 0 Å². The summed E-state index contributed by atoms with van der Waals surface area (Å²) >= 11 is 0. The molecule has 19 heavy (non-hydrogen) atoms. The van der Waals surface area contributed by atoms with Gasteiger partial charge in [0, 0.05) is 25.4 Å². The van der Waals surface area contributed by atoms with Crippen molar-refractivity contribution in [1.82, 2.24) is 0 Å². The van der Waals surface area contributed by atoms with Crippen LogP contribution in [0.25, 0.3) is 0 Å². The van der Waals surface area contributed by atoms with Gasteiger partial charge in [-0.2, -0.15) is 0 Å². The van der Waals surface area contributed by atoms with Gasteiger partial charge in [0.25, 0.3) is 0 Å². The molecule has 0 N–H and O–H groups in total. The van der Waals surface area contributed by atoms with Crippen LogP contribution in [0.3, 0.4) is 0 Å². The molecule has 0 amide bonds. The molecule has 1 fully saturated rings. The Morgan fingerprint density at radius 3 is 2.79 bits per heavy atom. The van der Waals surface area contributed by atoms with E-state index in [0.717, 1.165) is 32.2 Å². The second-order valence-corrected chi connectivity index (χ2v) is 5.25. The molecule has 1 aliphatic rings. The zero-order valence-electron chi connectivity index (χ0n) is 11.6. The van der Waals surface area contributed by atoms with Crippen LogP contribution >= 0.6 is 0 Å². The molecule has 0 bridgehead atoms. The smallest absolute Gasteiger partial charge is 0.146 e. The molecule has 0 aromatic heterocycles. The van der Waals surface area contributed by atoms with E-state index < -0.39 is 0 Å². The molecule has 1 aromatic rings. The summed E-state index contributed by atoms with van der Waals surface area (Å²) in [6.45, 7) is 3.38. The molecule has 3 heteroatoms. The molecule has 1 unspecified atom stereocenters. The Morgan fingerprint density at radius 2 is 2.05 bits per heavy atom. The van der Waals surface area contributed by atoms with Crippen molar-refractivity contribution in [2.24, 2.45) is 5.92 Å². The van der Waals surface area contributed by atoms with E-state index in [1.165, 1.54) is 6.07 Å². The summed E-state index contributed by atoms with van der Waals surface area (Å²) in [6, 6.07) is 6.81. The van der Waals surface area contributed by atoms with E-state index in [0.29, 0.717) is 24.4 Å². The van der Waals surface area contributed by atoms with Crippen LogP contribution in [0.5, 0.6) is 0 Å². The Bertz CT molecular complexity index is 433. The molecular weight excluding hydrogens is 241 g/mol. The fourth-order valence-electron chi connectivity index (χ4n) is 2.80. The monoisotopic (exact) mass is 263 g/mol. The van der Waals surface area contributed by atoms with Crippen molar-refractivity contribution < 1.29 is 9.18 Å². The molecule has 0 aliphatic heterocycles. The molecule has 1 saturated carbocycles. The quantitative estimate of drug-likeness (QED) is 0.770. The van der Waals surface area contributed by atoms with Gasteiger partial charge < -0.3 is 4.90 Å². The maximum absolute atomic E-state index is 13.8. The average Bonchev–Trinajstić information content (AvgIpc) is 2.62. The number of anilines is 1. The maximum Gasteiger partial charge on any atom is 0.146 e. The second kappa shape index (κ2) is 6.69. The van der Waals surface area contributed by atoms with Crippen LogP contribution in [0.15, 0.2) is 24.3 Å². The third-order valence-corrected chi connectivity index (χ3v) is 3.95. The lowest BCUT2D eigenvalue weighted by Gasteiger charge is -2.27. The van der Waals surface area contributed by atoms with Gasteiger partial charge in [0.2, 0.25) is 0 Å². The lowest BCUT2D eigenvalue weighted by atomic mass is 9.98. The number of para-hydroxylation sites is 1. The Morgan fingerprint density at radius 1 is 1.26 bits per heavy atom. The van der Waals surface area contributed by atoms with E-state index in [1.807, 2.05) is 17.9 Å². The number of hydrogen-bond donors (Lipinski definition) is 0. The third kappa shape index (κ3) is 3.55. The highest BCUT2D eigenvalue weighted by atomic mass is 19.1. The second-order valence-electron chi connectivity index (χ2n) is 5.25. The van der Waals surface area contributed by atoms with Gasteiger partial charge in [-0.1, -0.05) is 25.0 Å². The zero-order valence-corrected chi connectivity index (χ0v) is 11.6. The van der Waals surface area contributed by atoms with Crippen LogP contribution in [-0.2, 0) is 4.79 Å². The summed E-state index contributed by atoms with van der Waals surface area (Å²) in [5.41, 5.74) is 0.613. The van der Waals surface area contributed by atoms with E-state index in [2.05, 4.69) is 0 Å². The highest BCUT2D eigenvalue weighted by Gasteiger charge is 2.23. The van der Waals surface area contributed by atoms with Crippen molar-refractivity contribution in [2.75, 3.05) is 18.0 Å². The highest BCUT2D eigenvalue weighted by molar-refractivity contribution is 5.81. The molecule has 0 spiro atoms. The zero-order chi connectivity index (χ0) is 13.7. The Balaban J connectivity index is 2.10. The number of hydrogen-bond acceptors (Lipinski definition) is 2. The Labute approximate surface area is 114 Å². The maximum atomic E-state index is 13.8. The van der Waals surface area contributed by atoms with Crippen molar-refractivity contribution in [3.8, 4) is 0 Å². The van der Waals surface area contributed by atoms with E-state index >= 15 is 0 Å². The van der Waals surface area contributed by atoms with Gasteiger partial charge in [0.05, 0.1) is 5.69 Å². The number of ketones is 1. The van der Waals surface area contributed by atoms with E-state index in [-0.39, 0.29) is 11.7 Å². The van der Waals surface area contributed by atoms with Crippen molar-refractivity contribution in [3.05, 3.63) is 30.1 Å². The van der Waals surface area contributed by atoms with Crippen LogP contribution in [0.2, 0.25) is 0 Å². The van der Waals surface area contributed by atoms with Crippen LogP contribution in [0.1, 0.15) is 39.0 Å². The predicted molar refractivity (Wildman–Crippen MR) is 75.9 cm³/mol. The minimum atomic E-state index is -0.203. The fraction of sp³-hybridized carbons (Fsp3) is 0.562. The molecule has 1 aromatic carbocycles. The third-order valence-electron chi connectivity index (χ3n) is 3.95. The van der Waals surface area contributed by atoms with Crippen molar-refractivity contribution in [2.45, 2.75) is 39.0 Å². The topological polar surface area (TPSA) is 20.3 Å². The molecule has 0 heterocycles. The SMILES string of the molecule is CCN(CC1CCCCCC1=O)c1ccccc1F. The van der Waals surface area contributed by atoms with Gasteiger partial charge in [-0.25, -0.2) is 4.39 Å². The number of rotatable bonds is 4. The lowest BCUT2D eigenvalue weighted by molar-refractivity contribution is -0.122. The highest BCUT2D eigenvalue weighted by Crippen LogP contribution is 2.25. The van der Waals surface area contributed by atoms with E-state index in [4.69, 9.17) is 0 Å². The summed E-state index contributed by atoms with van der Waals surface area (Å²) < 4.78 is 13.8. The molecule has 2 rings (SSSR count). The first-order valence-corrected chi connectivity index (χ1v) is 7.24. The molecule has 1 aliphatic carbocycles. The Kier molecular flexibility index (Phi) is 4.94. The number of carbonyl (C=O) groups is 1. The number of carbonyl (C=O) groups excluding carboxylic acids is 1. The first-order valence-electron chi connectivity index (χ1n) is 7.24. The largest absolute Gasteiger partial charge is 0.369 e. The van der Waals surface area contributed by atoms with E-state index in [9.17, 15) is 9.18 Å².